The van der Waals surface area contributed by atoms with Crippen molar-refractivity contribution in [1.82, 2.24) is 10.6 Å². The summed E-state index contributed by atoms with van der Waals surface area (Å²) in [5.41, 5.74) is 0.383. The van der Waals surface area contributed by atoms with Gasteiger partial charge in [0.1, 0.15) is 0 Å². The molecule has 0 aromatic rings. The van der Waals surface area contributed by atoms with Crippen molar-refractivity contribution < 1.29 is 4.79 Å². The lowest BCUT2D eigenvalue weighted by molar-refractivity contribution is -0.124. The van der Waals surface area contributed by atoms with E-state index < -0.39 is 0 Å². The zero-order chi connectivity index (χ0) is 13.3. The summed E-state index contributed by atoms with van der Waals surface area (Å²) in [6.45, 7) is 4.48. The van der Waals surface area contributed by atoms with Crippen molar-refractivity contribution in [2.45, 2.75) is 64.3 Å². The van der Waals surface area contributed by atoms with Crippen LogP contribution in [0.2, 0.25) is 0 Å². The lowest BCUT2D eigenvalue weighted by Crippen LogP contribution is -2.41. The molecule has 19 heavy (non-hydrogen) atoms. The Bertz CT molecular complexity index is 336. The minimum Gasteiger partial charge on any atom is -0.353 e. The van der Waals surface area contributed by atoms with Gasteiger partial charge in [-0.15, -0.1) is 0 Å². The quantitative estimate of drug-likeness (QED) is 0.822. The number of amides is 1. The summed E-state index contributed by atoms with van der Waals surface area (Å²) < 4.78 is 0. The van der Waals surface area contributed by atoms with Crippen LogP contribution in [0.5, 0.6) is 0 Å². The lowest BCUT2D eigenvalue weighted by Gasteiger charge is -2.30. The van der Waals surface area contributed by atoms with E-state index in [1.54, 1.807) is 0 Å². The first-order valence-electron chi connectivity index (χ1n) is 8.24. The van der Waals surface area contributed by atoms with E-state index in [9.17, 15) is 4.79 Å². The zero-order valence-corrected chi connectivity index (χ0v) is 12.2. The Kier molecular flexibility index (Phi) is 3.84. The molecule has 3 unspecified atom stereocenters. The maximum Gasteiger partial charge on any atom is 0.223 e. The molecule has 3 fully saturated rings. The van der Waals surface area contributed by atoms with Crippen LogP contribution in [0, 0.1) is 17.3 Å². The number of carbonyl (C=O) groups is 1. The van der Waals surface area contributed by atoms with Crippen LogP contribution in [-0.2, 0) is 4.79 Å². The van der Waals surface area contributed by atoms with Gasteiger partial charge in [0.05, 0.1) is 0 Å². The van der Waals surface area contributed by atoms with Crippen LogP contribution in [0.1, 0.15) is 58.3 Å². The maximum absolute atomic E-state index is 12.4. The maximum atomic E-state index is 12.4. The molecule has 2 N–H and O–H groups in total. The van der Waals surface area contributed by atoms with Gasteiger partial charge in [-0.05, 0) is 56.5 Å². The molecule has 0 aromatic heterocycles. The number of rotatable bonds is 3. The van der Waals surface area contributed by atoms with Crippen LogP contribution in [0.4, 0.5) is 0 Å². The summed E-state index contributed by atoms with van der Waals surface area (Å²) in [6.07, 6.45) is 9.88. The van der Waals surface area contributed by atoms with Gasteiger partial charge in [0.15, 0.2) is 0 Å². The molecule has 1 spiro atoms. The zero-order valence-electron chi connectivity index (χ0n) is 12.2. The monoisotopic (exact) mass is 264 g/mol. The third-order valence-corrected chi connectivity index (χ3v) is 5.81. The topological polar surface area (TPSA) is 41.1 Å². The van der Waals surface area contributed by atoms with Crippen LogP contribution >= 0.6 is 0 Å². The predicted octanol–water partition coefficient (Wildman–Crippen LogP) is 2.46. The third kappa shape index (κ3) is 2.81. The van der Waals surface area contributed by atoms with Gasteiger partial charge in [-0.1, -0.05) is 26.2 Å². The van der Waals surface area contributed by atoms with Gasteiger partial charge in [0.2, 0.25) is 5.91 Å². The van der Waals surface area contributed by atoms with E-state index >= 15 is 0 Å². The first-order valence-corrected chi connectivity index (χ1v) is 8.24. The molecule has 1 aliphatic heterocycles. The lowest BCUT2D eigenvalue weighted by atomic mass is 9.84. The summed E-state index contributed by atoms with van der Waals surface area (Å²) in [5, 5.41) is 6.76. The second kappa shape index (κ2) is 5.43. The number of piperidine rings is 1. The molecule has 3 aliphatic rings. The third-order valence-electron chi connectivity index (χ3n) is 5.81. The summed E-state index contributed by atoms with van der Waals surface area (Å²) >= 11 is 0. The van der Waals surface area contributed by atoms with Crippen LogP contribution in [-0.4, -0.2) is 25.0 Å². The van der Waals surface area contributed by atoms with E-state index in [1.165, 1.54) is 44.9 Å². The molecule has 2 saturated carbocycles. The fourth-order valence-electron chi connectivity index (χ4n) is 4.29. The summed E-state index contributed by atoms with van der Waals surface area (Å²) in [7, 11) is 0. The van der Waals surface area contributed by atoms with Gasteiger partial charge in [0.25, 0.3) is 0 Å². The average Bonchev–Trinajstić information content (AvgIpc) is 3.13. The molecular formula is C16H28N2O. The van der Waals surface area contributed by atoms with E-state index in [4.69, 9.17) is 0 Å². The van der Waals surface area contributed by atoms with Crippen molar-refractivity contribution >= 4 is 5.91 Å². The molecule has 108 valence electrons. The Labute approximate surface area is 116 Å². The van der Waals surface area contributed by atoms with Crippen molar-refractivity contribution in [3.05, 3.63) is 0 Å². The number of carbonyl (C=O) groups excluding carboxylic acids is 1. The molecule has 3 heteroatoms. The second-order valence-corrected chi connectivity index (χ2v) is 7.02. The van der Waals surface area contributed by atoms with Gasteiger partial charge in [-0.3, -0.25) is 4.79 Å². The van der Waals surface area contributed by atoms with Crippen molar-refractivity contribution in [2.24, 2.45) is 17.3 Å². The van der Waals surface area contributed by atoms with Gasteiger partial charge in [-0.25, -0.2) is 0 Å². The summed E-state index contributed by atoms with van der Waals surface area (Å²) in [4.78, 5) is 12.4. The van der Waals surface area contributed by atoms with E-state index in [0.29, 0.717) is 23.3 Å². The first kappa shape index (κ1) is 13.4. The molecule has 0 aromatic carbocycles. The van der Waals surface area contributed by atoms with Gasteiger partial charge < -0.3 is 10.6 Å². The molecule has 1 heterocycles. The van der Waals surface area contributed by atoms with Crippen molar-refractivity contribution in [3.8, 4) is 0 Å². The van der Waals surface area contributed by atoms with Gasteiger partial charge >= 0.3 is 0 Å². The van der Waals surface area contributed by atoms with Crippen LogP contribution in [0.3, 0.4) is 0 Å². The molecule has 3 rings (SSSR count). The SMILES string of the molecule is CCC1CCCC(NC(=O)C2CC23CCNCC3)C1. The molecule has 3 atom stereocenters. The molecule has 0 radical (unpaired) electrons. The molecular weight excluding hydrogens is 236 g/mol. The van der Waals surface area contributed by atoms with Crippen molar-refractivity contribution in [3.63, 3.8) is 0 Å². The highest BCUT2D eigenvalue weighted by Crippen LogP contribution is 2.58. The fraction of sp³-hybridized carbons (Fsp3) is 0.938. The highest BCUT2D eigenvalue weighted by Gasteiger charge is 2.57. The van der Waals surface area contributed by atoms with Crippen LogP contribution < -0.4 is 10.6 Å². The minimum atomic E-state index is 0.330. The first-order chi connectivity index (χ1) is 9.23. The molecule has 0 bridgehead atoms. The smallest absolute Gasteiger partial charge is 0.223 e. The van der Waals surface area contributed by atoms with E-state index in [-0.39, 0.29) is 0 Å². The minimum absolute atomic E-state index is 0.330. The number of nitrogens with one attached hydrogen (secondary N) is 2. The van der Waals surface area contributed by atoms with Crippen LogP contribution in [0.15, 0.2) is 0 Å². The Morgan fingerprint density at radius 3 is 2.84 bits per heavy atom. The molecule has 2 aliphatic carbocycles. The highest BCUT2D eigenvalue weighted by atomic mass is 16.2. The fourth-order valence-corrected chi connectivity index (χ4v) is 4.29. The summed E-state index contributed by atoms with van der Waals surface area (Å²) in [5.74, 6) is 1.53. The normalized spacial score (nSPS) is 37.0. The standard InChI is InChI=1S/C16H28N2O/c1-2-12-4-3-5-13(10-12)18-15(19)14-11-16(14)6-8-17-9-7-16/h12-14,17H,2-11H2,1H3,(H,18,19). The Morgan fingerprint density at radius 1 is 1.32 bits per heavy atom. The van der Waals surface area contributed by atoms with Crippen molar-refractivity contribution in [2.75, 3.05) is 13.1 Å². The largest absolute Gasteiger partial charge is 0.353 e. The molecule has 1 amide bonds. The Hall–Kier alpha value is -0.570. The highest BCUT2D eigenvalue weighted by molar-refractivity contribution is 5.82. The van der Waals surface area contributed by atoms with Crippen molar-refractivity contribution in [1.29, 1.82) is 0 Å². The number of hydrogen-bond donors (Lipinski definition) is 2. The van der Waals surface area contributed by atoms with Gasteiger partial charge in [-0.2, -0.15) is 0 Å². The van der Waals surface area contributed by atoms with E-state index in [2.05, 4.69) is 17.6 Å². The number of hydrogen-bond acceptors (Lipinski definition) is 2. The molecule has 3 nitrogen and oxygen atoms in total. The Balaban J connectivity index is 1.49. The average molecular weight is 264 g/mol. The second-order valence-electron chi connectivity index (χ2n) is 7.02. The van der Waals surface area contributed by atoms with Gasteiger partial charge in [0, 0.05) is 12.0 Å². The Morgan fingerprint density at radius 2 is 2.11 bits per heavy atom. The molecule has 1 saturated heterocycles. The van der Waals surface area contributed by atoms with Crippen LogP contribution in [0.25, 0.3) is 0 Å². The summed E-state index contributed by atoms with van der Waals surface area (Å²) in [6, 6.07) is 0.463. The predicted molar refractivity (Wildman–Crippen MR) is 76.8 cm³/mol. The van der Waals surface area contributed by atoms with E-state index in [1.807, 2.05) is 0 Å². The van der Waals surface area contributed by atoms with E-state index in [0.717, 1.165) is 25.4 Å².